The molecule has 4 aliphatic carbocycles. The molecule has 0 aromatic rings. The van der Waals surface area contributed by atoms with E-state index in [1.807, 2.05) is 0 Å². The summed E-state index contributed by atoms with van der Waals surface area (Å²) >= 11 is 7.06. The minimum absolute atomic E-state index is 0.00202. The van der Waals surface area contributed by atoms with Gasteiger partial charge in [-0.25, -0.2) is 0 Å². The van der Waals surface area contributed by atoms with Crippen molar-refractivity contribution in [2.45, 2.75) is 120 Å². The van der Waals surface area contributed by atoms with Gasteiger partial charge in [0.15, 0.2) is 0 Å². The van der Waals surface area contributed by atoms with Gasteiger partial charge in [-0.2, -0.15) is 0 Å². The molecule has 1 saturated heterocycles. The third-order valence-corrected chi connectivity index (χ3v) is 11.0. The summed E-state index contributed by atoms with van der Waals surface area (Å²) in [5, 5.41) is 11.5. The molecule has 0 aromatic carbocycles. The van der Waals surface area contributed by atoms with Gasteiger partial charge in [0, 0.05) is 41.6 Å². The molecule has 0 spiro atoms. The highest BCUT2D eigenvalue weighted by molar-refractivity contribution is 6.20. The van der Waals surface area contributed by atoms with Gasteiger partial charge in [-0.1, -0.05) is 38.5 Å². The van der Waals surface area contributed by atoms with Crippen LogP contribution in [0.3, 0.4) is 0 Å². The number of hydrogen-bond donors (Lipinski definition) is 0. The van der Waals surface area contributed by atoms with Crippen molar-refractivity contribution < 1.29 is 9.72 Å². The smallest absolute Gasteiger partial charge is 0.225 e. The average molecular weight is 479 g/mol. The van der Waals surface area contributed by atoms with Gasteiger partial charge < -0.3 is 4.90 Å². The molecule has 0 bridgehead atoms. The number of nitro groups is 1. The molecule has 1 aliphatic heterocycles. The van der Waals surface area contributed by atoms with E-state index in [9.17, 15) is 14.9 Å². The van der Waals surface area contributed by atoms with E-state index in [0.717, 1.165) is 18.9 Å². The number of nitrogens with zero attached hydrogens (tertiary/aromatic N) is 2. The van der Waals surface area contributed by atoms with Crippen molar-refractivity contribution in [1.29, 1.82) is 0 Å². The van der Waals surface area contributed by atoms with Crippen LogP contribution in [0.4, 0.5) is 0 Å². The molecular weight excluding hydrogens is 436 g/mol. The summed E-state index contributed by atoms with van der Waals surface area (Å²) in [7, 11) is 0. The highest BCUT2D eigenvalue weighted by Gasteiger charge is 2.51. The number of carbonyl (C=O) groups excluding carboxylic acids is 1. The van der Waals surface area contributed by atoms with Crippen molar-refractivity contribution in [3.8, 4) is 0 Å². The fourth-order valence-corrected chi connectivity index (χ4v) is 9.30. The average Bonchev–Trinajstić information content (AvgIpc) is 2.99. The summed E-state index contributed by atoms with van der Waals surface area (Å²) in [6.07, 6.45) is 17.7. The summed E-state index contributed by atoms with van der Waals surface area (Å²) in [4.78, 5) is 27.5. The highest BCUT2D eigenvalue weighted by Crippen LogP contribution is 2.53. The highest BCUT2D eigenvalue weighted by atomic mass is 35.5. The fraction of sp³-hybridized carbons (Fsp3) is 0.963. The Bertz CT molecular complexity index is 709. The van der Waals surface area contributed by atoms with Crippen molar-refractivity contribution >= 4 is 17.5 Å². The Balaban J connectivity index is 1.42. The van der Waals surface area contributed by atoms with E-state index in [0.29, 0.717) is 66.7 Å². The maximum Gasteiger partial charge on any atom is 0.225 e. The number of carbonyl (C=O) groups is 1. The second-order valence-corrected chi connectivity index (χ2v) is 12.6. The minimum Gasteiger partial charge on any atom is -0.339 e. The monoisotopic (exact) mass is 478 g/mol. The van der Waals surface area contributed by atoms with Gasteiger partial charge in [0.25, 0.3) is 0 Å². The number of halogens is 1. The van der Waals surface area contributed by atoms with E-state index >= 15 is 0 Å². The predicted molar refractivity (Wildman–Crippen MR) is 131 cm³/mol. The summed E-state index contributed by atoms with van der Waals surface area (Å²) in [6, 6.07) is -0.0689. The first-order valence-corrected chi connectivity index (χ1v) is 14.6. The molecule has 0 radical (unpaired) electrons. The lowest BCUT2D eigenvalue weighted by Crippen LogP contribution is -2.51. The first-order chi connectivity index (χ1) is 16.0. The van der Waals surface area contributed by atoms with Crippen molar-refractivity contribution in [2.75, 3.05) is 6.54 Å². The number of hydrogen-bond acceptors (Lipinski definition) is 3. The van der Waals surface area contributed by atoms with E-state index < -0.39 is 6.04 Å². The number of rotatable bonds is 3. The van der Waals surface area contributed by atoms with Crippen LogP contribution in [0.2, 0.25) is 0 Å². The molecule has 7 atom stereocenters. The Morgan fingerprint density at radius 3 is 2.06 bits per heavy atom. The summed E-state index contributed by atoms with van der Waals surface area (Å²) < 4.78 is 0. The van der Waals surface area contributed by atoms with E-state index in [1.54, 1.807) is 0 Å². The zero-order valence-corrected chi connectivity index (χ0v) is 21.0. The van der Waals surface area contributed by atoms with Gasteiger partial charge in [-0.05, 0) is 81.0 Å². The molecule has 5 rings (SSSR count). The fourth-order valence-electron chi connectivity index (χ4n) is 8.86. The normalized spacial score (nSPS) is 44.3. The maximum atomic E-state index is 14.0. The molecular formula is C27H43ClN2O3. The molecule has 5 nitrogen and oxygen atoms in total. The first-order valence-electron chi connectivity index (χ1n) is 14.1. The van der Waals surface area contributed by atoms with Crippen LogP contribution in [0.1, 0.15) is 103 Å². The van der Waals surface area contributed by atoms with Crippen LogP contribution >= 0.6 is 11.6 Å². The van der Waals surface area contributed by atoms with Crippen LogP contribution in [0.15, 0.2) is 0 Å². The van der Waals surface area contributed by atoms with Gasteiger partial charge >= 0.3 is 0 Å². The predicted octanol–water partition coefficient (Wildman–Crippen LogP) is 6.44. The van der Waals surface area contributed by atoms with E-state index in [1.165, 1.54) is 70.6 Å². The Hall–Kier alpha value is -0.840. The third kappa shape index (κ3) is 4.82. The lowest BCUT2D eigenvalue weighted by molar-refractivity contribution is -0.526. The van der Waals surface area contributed by atoms with Crippen LogP contribution in [-0.4, -0.2) is 39.7 Å². The molecule has 0 aromatic heterocycles. The van der Waals surface area contributed by atoms with Crippen LogP contribution in [0, 0.1) is 45.6 Å². The molecule has 33 heavy (non-hydrogen) atoms. The standard InChI is InChI=1S/C27H43ClN2O3/c28-24-11-5-3-9-22(24)26-21-8-2-1-7-19(21)17-29(25-12-6-4-10-23(25)26)27(31)18-13-15-20(16-14-18)30(32)33/h18-26H,1-17H2. The van der Waals surface area contributed by atoms with E-state index in [-0.39, 0.29) is 10.8 Å². The largest absolute Gasteiger partial charge is 0.339 e. The molecule has 1 amide bonds. The first kappa shape index (κ1) is 23.9. The van der Waals surface area contributed by atoms with Crippen molar-refractivity contribution in [2.24, 2.45) is 35.5 Å². The van der Waals surface area contributed by atoms with Gasteiger partial charge in [0.05, 0.1) is 0 Å². The lowest BCUT2D eigenvalue weighted by atomic mass is 9.59. The van der Waals surface area contributed by atoms with Crippen LogP contribution in [0.5, 0.6) is 0 Å². The Labute approximate surface area is 204 Å². The summed E-state index contributed by atoms with van der Waals surface area (Å²) in [6.45, 7) is 0.940. The quantitative estimate of drug-likeness (QED) is 0.266. The van der Waals surface area contributed by atoms with Gasteiger partial charge in [0.2, 0.25) is 11.9 Å². The molecule has 7 unspecified atom stereocenters. The zero-order chi connectivity index (χ0) is 22.9. The topological polar surface area (TPSA) is 63.4 Å². The lowest BCUT2D eigenvalue weighted by Gasteiger charge is -2.48. The molecule has 5 fully saturated rings. The Morgan fingerprint density at radius 1 is 0.758 bits per heavy atom. The molecule has 1 heterocycles. The van der Waals surface area contributed by atoms with Gasteiger partial charge in [0.1, 0.15) is 0 Å². The second-order valence-electron chi connectivity index (χ2n) is 12.0. The molecule has 6 heteroatoms. The van der Waals surface area contributed by atoms with Crippen molar-refractivity contribution in [3.63, 3.8) is 0 Å². The third-order valence-electron chi connectivity index (χ3n) is 10.4. The van der Waals surface area contributed by atoms with E-state index in [2.05, 4.69) is 4.90 Å². The van der Waals surface area contributed by atoms with Crippen LogP contribution in [-0.2, 0) is 4.79 Å². The van der Waals surface area contributed by atoms with E-state index in [4.69, 9.17) is 11.6 Å². The van der Waals surface area contributed by atoms with Crippen molar-refractivity contribution in [1.82, 2.24) is 4.90 Å². The molecule has 0 N–H and O–H groups in total. The van der Waals surface area contributed by atoms with Crippen LogP contribution < -0.4 is 0 Å². The molecule has 4 saturated carbocycles. The Kier molecular flexibility index (Phi) is 7.54. The number of amides is 1. The number of fused-ring (bicyclic) bond motifs is 2. The van der Waals surface area contributed by atoms with Gasteiger partial charge in [-0.15, -0.1) is 11.6 Å². The molecule has 186 valence electrons. The summed E-state index contributed by atoms with van der Waals surface area (Å²) in [5.41, 5.74) is 0. The second kappa shape index (κ2) is 10.4. The molecule has 5 aliphatic rings. The SMILES string of the molecule is O=C(C1CCC([N+](=O)[O-])CC1)N1CC2CCCCC2C(C2CCCCC2Cl)C2CCCCC21. The number of likely N-dealkylation sites (tertiary alicyclic amines) is 1. The van der Waals surface area contributed by atoms with Crippen molar-refractivity contribution in [3.05, 3.63) is 10.1 Å². The maximum absolute atomic E-state index is 14.0. The minimum atomic E-state index is -0.445. The van der Waals surface area contributed by atoms with Crippen LogP contribution in [0.25, 0.3) is 0 Å². The summed E-state index contributed by atoms with van der Waals surface area (Å²) in [5.74, 6) is 3.61. The number of alkyl halides is 1. The Morgan fingerprint density at radius 2 is 1.36 bits per heavy atom. The zero-order valence-electron chi connectivity index (χ0n) is 20.2. The van der Waals surface area contributed by atoms with Gasteiger partial charge in [-0.3, -0.25) is 14.9 Å².